The maximum Gasteiger partial charge on any atom is 0.233 e. The molecule has 0 aromatic carbocycles. The number of aromatic nitrogens is 3. The molecule has 2 N–H and O–H groups in total. The Balaban J connectivity index is 1.45. The van der Waals surface area contributed by atoms with Crippen molar-refractivity contribution in [2.75, 3.05) is 5.32 Å². The van der Waals surface area contributed by atoms with E-state index in [1.165, 1.54) is 31.4 Å². The molecular formula is C18H24N4O2. The van der Waals surface area contributed by atoms with Gasteiger partial charge in [-0.15, -0.1) is 0 Å². The molecular weight excluding hydrogens is 304 g/mol. The largest absolute Gasteiger partial charge is 0.361 e. The molecule has 0 spiro atoms. The maximum atomic E-state index is 12.5. The number of carbonyl (C=O) groups excluding carboxylic acids is 1. The van der Waals surface area contributed by atoms with E-state index in [0.717, 1.165) is 23.1 Å². The lowest BCUT2D eigenvalue weighted by Crippen LogP contribution is -2.20. The van der Waals surface area contributed by atoms with Crippen LogP contribution in [0.3, 0.4) is 0 Å². The summed E-state index contributed by atoms with van der Waals surface area (Å²) in [6.07, 6.45) is 5.33. The van der Waals surface area contributed by atoms with Gasteiger partial charge >= 0.3 is 0 Å². The van der Waals surface area contributed by atoms with E-state index in [1.807, 2.05) is 26.8 Å². The quantitative estimate of drug-likeness (QED) is 0.897. The van der Waals surface area contributed by atoms with E-state index >= 15 is 0 Å². The molecule has 0 radical (unpaired) electrons. The zero-order chi connectivity index (χ0) is 16.8. The number of aromatic amines is 1. The Kier molecular flexibility index (Phi) is 3.70. The standard InChI is InChI=1S/C18H24N4O2/c1-9(17-10(2)22-24-11(17)3)18(23)19-16-8-15(20-21-16)14-7-12-4-5-13(14)6-12/h8-9,12-14H,4-7H2,1-3H3,(H2,19,20,21,23). The van der Waals surface area contributed by atoms with Gasteiger partial charge in [0.1, 0.15) is 5.76 Å². The molecule has 6 nitrogen and oxygen atoms in total. The first-order valence-electron chi connectivity index (χ1n) is 8.82. The van der Waals surface area contributed by atoms with Gasteiger partial charge < -0.3 is 9.84 Å². The molecule has 2 heterocycles. The average Bonchev–Trinajstić information content (AvgIpc) is 3.32. The molecule has 0 aliphatic heterocycles. The Bertz CT molecular complexity index is 743. The average molecular weight is 328 g/mol. The molecule has 2 bridgehead atoms. The number of aryl methyl sites for hydroxylation is 2. The van der Waals surface area contributed by atoms with Crippen LogP contribution >= 0.6 is 0 Å². The molecule has 128 valence electrons. The Hall–Kier alpha value is -2.11. The third-order valence-corrected chi connectivity index (χ3v) is 5.90. The Morgan fingerprint density at radius 1 is 1.38 bits per heavy atom. The second-order valence-electron chi connectivity index (χ2n) is 7.44. The molecule has 2 aliphatic rings. The van der Waals surface area contributed by atoms with Crippen molar-refractivity contribution < 1.29 is 9.32 Å². The van der Waals surface area contributed by atoms with Crippen molar-refractivity contribution in [1.82, 2.24) is 15.4 Å². The van der Waals surface area contributed by atoms with Crippen LogP contribution in [0.1, 0.15) is 67.2 Å². The lowest BCUT2D eigenvalue weighted by molar-refractivity contribution is -0.117. The normalized spacial score (nSPS) is 26.7. The summed E-state index contributed by atoms with van der Waals surface area (Å²) in [4.78, 5) is 12.5. The minimum atomic E-state index is -0.320. The SMILES string of the molecule is Cc1noc(C)c1C(C)C(=O)Nc1cc(C2CC3CCC2C3)[nH]n1. The molecule has 0 saturated heterocycles. The van der Waals surface area contributed by atoms with Gasteiger partial charge in [-0.05, 0) is 51.9 Å². The van der Waals surface area contributed by atoms with Gasteiger partial charge in [0.25, 0.3) is 0 Å². The van der Waals surface area contributed by atoms with E-state index in [9.17, 15) is 4.79 Å². The van der Waals surface area contributed by atoms with Gasteiger partial charge in [-0.1, -0.05) is 11.6 Å². The Morgan fingerprint density at radius 2 is 2.21 bits per heavy atom. The fourth-order valence-electron chi connectivity index (χ4n) is 4.69. The van der Waals surface area contributed by atoms with Gasteiger partial charge in [0.05, 0.1) is 11.6 Å². The first-order valence-corrected chi connectivity index (χ1v) is 8.82. The monoisotopic (exact) mass is 328 g/mol. The van der Waals surface area contributed by atoms with Gasteiger partial charge in [0.15, 0.2) is 5.82 Å². The van der Waals surface area contributed by atoms with Gasteiger partial charge in [-0.3, -0.25) is 9.89 Å². The third-order valence-electron chi connectivity index (χ3n) is 5.90. The molecule has 2 saturated carbocycles. The van der Waals surface area contributed by atoms with Gasteiger partial charge in [0.2, 0.25) is 5.91 Å². The number of H-pyrrole nitrogens is 1. The van der Waals surface area contributed by atoms with Crippen LogP contribution in [0, 0.1) is 25.7 Å². The van der Waals surface area contributed by atoms with Crippen LogP contribution in [-0.2, 0) is 4.79 Å². The second kappa shape index (κ2) is 5.76. The summed E-state index contributed by atoms with van der Waals surface area (Å²) in [5.41, 5.74) is 2.79. The van der Waals surface area contributed by atoms with Crippen molar-refractivity contribution in [2.24, 2.45) is 11.8 Å². The van der Waals surface area contributed by atoms with Crippen molar-refractivity contribution in [1.29, 1.82) is 0 Å². The highest BCUT2D eigenvalue weighted by molar-refractivity contribution is 5.95. The first-order chi connectivity index (χ1) is 11.5. The fraction of sp³-hybridized carbons (Fsp3) is 0.611. The molecule has 4 unspecified atom stereocenters. The number of hydrogen-bond acceptors (Lipinski definition) is 4. The molecule has 2 aromatic heterocycles. The molecule has 2 aliphatic carbocycles. The number of carbonyl (C=O) groups is 1. The zero-order valence-electron chi connectivity index (χ0n) is 14.4. The van der Waals surface area contributed by atoms with Crippen molar-refractivity contribution in [3.63, 3.8) is 0 Å². The smallest absolute Gasteiger partial charge is 0.233 e. The van der Waals surface area contributed by atoms with Crippen LogP contribution in [-0.4, -0.2) is 21.3 Å². The Morgan fingerprint density at radius 3 is 2.83 bits per heavy atom. The van der Waals surface area contributed by atoms with E-state index in [1.54, 1.807) is 0 Å². The lowest BCUT2D eigenvalue weighted by Gasteiger charge is -2.19. The van der Waals surface area contributed by atoms with Crippen LogP contribution in [0.5, 0.6) is 0 Å². The molecule has 1 amide bonds. The minimum Gasteiger partial charge on any atom is -0.361 e. The second-order valence-corrected chi connectivity index (χ2v) is 7.44. The van der Waals surface area contributed by atoms with Crippen molar-refractivity contribution >= 4 is 11.7 Å². The Labute approximate surface area is 141 Å². The highest BCUT2D eigenvalue weighted by Crippen LogP contribution is 2.52. The van der Waals surface area contributed by atoms with E-state index in [0.29, 0.717) is 17.5 Å². The number of rotatable bonds is 4. The number of fused-ring (bicyclic) bond motifs is 2. The molecule has 2 aromatic rings. The summed E-state index contributed by atoms with van der Waals surface area (Å²) in [7, 11) is 0. The van der Waals surface area contributed by atoms with Gasteiger partial charge in [-0.2, -0.15) is 5.10 Å². The number of anilines is 1. The lowest BCUT2D eigenvalue weighted by atomic mass is 9.86. The van der Waals surface area contributed by atoms with Crippen LogP contribution in [0.15, 0.2) is 10.6 Å². The predicted molar refractivity (Wildman–Crippen MR) is 89.8 cm³/mol. The summed E-state index contributed by atoms with van der Waals surface area (Å²) in [6, 6.07) is 2.00. The summed E-state index contributed by atoms with van der Waals surface area (Å²) in [5, 5.41) is 14.3. The van der Waals surface area contributed by atoms with Crippen molar-refractivity contribution in [3.05, 3.63) is 28.8 Å². The summed E-state index contributed by atoms with van der Waals surface area (Å²) < 4.78 is 5.16. The predicted octanol–water partition coefficient (Wildman–Crippen LogP) is 3.66. The number of amides is 1. The highest BCUT2D eigenvalue weighted by atomic mass is 16.5. The zero-order valence-corrected chi connectivity index (χ0v) is 14.4. The van der Waals surface area contributed by atoms with Crippen LogP contribution in [0.25, 0.3) is 0 Å². The topological polar surface area (TPSA) is 83.8 Å². The number of nitrogens with one attached hydrogen (secondary N) is 2. The van der Waals surface area contributed by atoms with E-state index in [4.69, 9.17) is 4.52 Å². The van der Waals surface area contributed by atoms with Crippen LogP contribution in [0.2, 0.25) is 0 Å². The summed E-state index contributed by atoms with van der Waals surface area (Å²) in [6.45, 7) is 5.56. The number of hydrogen-bond donors (Lipinski definition) is 2. The van der Waals surface area contributed by atoms with Gasteiger partial charge in [0, 0.05) is 23.2 Å². The summed E-state index contributed by atoms with van der Waals surface area (Å²) in [5.74, 6) is 3.16. The van der Waals surface area contributed by atoms with E-state index in [-0.39, 0.29) is 11.8 Å². The van der Waals surface area contributed by atoms with Crippen LogP contribution < -0.4 is 5.32 Å². The van der Waals surface area contributed by atoms with Crippen LogP contribution in [0.4, 0.5) is 5.82 Å². The molecule has 4 atom stereocenters. The minimum absolute atomic E-state index is 0.0876. The third kappa shape index (κ3) is 2.54. The van der Waals surface area contributed by atoms with Gasteiger partial charge in [-0.25, -0.2) is 0 Å². The van der Waals surface area contributed by atoms with E-state index in [2.05, 4.69) is 20.7 Å². The molecule has 4 rings (SSSR count). The van der Waals surface area contributed by atoms with Crippen molar-refractivity contribution in [2.45, 2.75) is 58.3 Å². The molecule has 6 heteroatoms. The number of nitrogens with zero attached hydrogens (tertiary/aromatic N) is 2. The maximum absolute atomic E-state index is 12.5. The fourth-order valence-corrected chi connectivity index (χ4v) is 4.69. The summed E-state index contributed by atoms with van der Waals surface area (Å²) >= 11 is 0. The van der Waals surface area contributed by atoms with Crippen molar-refractivity contribution in [3.8, 4) is 0 Å². The molecule has 24 heavy (non-hydrogen) atoms. The first kappa shape index (κ1) is 15.4. The highest BCUT2D eigenvalue weighted by Gasteiger charge is 2.41. The van der Waals surface area contributed by atoms with E-state index < -0.39 is 0 Å². The molecule has 2 fully saturated rings.